The van der Waals surface area contributed by atoms with Gasteiger partial charge in [0.25, 0.3) is 0 Å². The molecule has 1 atom stereocenters. The fraction of sp³-hybridized carbons (Fsp3) is 0.440. The zero-order valence-electron chi connectivity index (χ0n) is 19.4. The van der Waals surface area contributed by atoms with Gasteiger partial charge < -0.3 is 7.43 Å². The third kappa shape index (κ3) is 9.77. The van der Waals surface area contributed by atoms with E-state index in [0.29, 0.717) is 17.8 Å². The number of rotatable bonds is 2. The molecule has 1 unspecified atom stereocenters. The molecule has 0 heterocycles. The first-order valence-corrected chi connectivity index (χ1v) is 9.18. The van der Waals surface area contributed by atoms with Crippen LogP contribution in [0.2, 0.25) is 0 Å². The topological polar surface area (TPSA) is 0 Å². The van der Waals surface area contributed by atoms with Crippen molar-refractivity contribution in [2.24, 2.45) is 5.92 Å². The Labute approximate surface area is 216 Å². The summed E-state index contributed by atoms with van der Waals surface area (Å²) in [5.74, 6) is 1.76. The summed E-state index contributed by atoms with van der Waals surface area (Å²) in [6, 6.07) is 9.35. The monoisotopic (exact) mass is 525 g/mol. The van der Waals surface area contributed by atoms with Crippen LogP contribution in [0, 0.1) is 26.3 Å². The van der Waals surface area contributed by atoms with E-state index in [4.69, 9.17) is 0 Å². The molecule has 0 fully saturated rings. The molecule has 0 bridgehead atoms. The zero-order chi connectivity index (χ0) is 18.0. The van der Waals surface area contributed by atoms with Gasteiger partial charge in [0.15, 0.2) is 0 Å². The Bertz CT molecular complexity index is 767. The molecule has 1 aliphatic carbocycles. The van der Waals surface area contributed by atoms with E-state index >= 15 is 0 Å². The van der Waals surface area contributed by atoms with Gasteiger partial charge in [0.05, 0.1) is 0 Å². The fourth-order valence-corrected chi connectivity index (χ4v) is 3.33. The van der Waals surface area contributed by atoms with E-state index in [2.05, 4.69) is 91.8 Å². The second-order valence-corrected chi connectivity index (χ2v) is 7.86. The molecule has 0 nitrogen and oxygen atoms in total. The smallest absolute Gasteiger partial charge is 0.358 e. The van der Waals surface area contributed by atoms with E-state index in [9.17, 15) is 0 Å². The molecule has 0 N–H and O–H groups in total. The SMILES string of the molecule is CC1=[C-]C(C)C=C1C.Cc1cc2c(C(C)C)cc(C(C)C)cc2[cH-]1.Cl.Cl.[CH3-].[Si].[Zr+3]. The quantitative estimate of drug-likeness (QED) is 0.272. The Hall–Kier alpha value is -0.01000. The minimum Gasteiger partial charge on any atom is -0.358 e. The van der Waals surface area contributed by atoms with Crippen LogP contribution in [0.3, 0.4) is 0 Å². The van der Waals surface area contributed by atoms with Gasteiger partial charge in [-0.05, 0) is 11.8 Å². The summed E-state index contributed by atoms with van der Waals surface area (Å²) in [6.07, 6.45) is 5.52. The number of hydrogen-bond donors (Lipinski definition) is 0. The maximum atomic E-state index is 3.29. The third-order valence-electron chi connectivity index (χ3n) is 4.85. The molecule has 5 radical (unpaired) electrons. The van der Waals surface area contributed by atoms with Crippen LogP contribution in [0.1, 0.15) is 77.0 Å². The molecular weight excluding hydrogens is 490 g/mol. The Morgan fingerprint density at radius 1 is 0.931 bits per heavy atom. The second-order valence-electron chi connectivity index (χ2n) is 7.86. The van der Waals surface area contributed by atoms with Crippen LogP contribution in [0.15, 0.2) is 41.5 Å². The van der Waals surface area contributed by atoms with Gasteiger partial charge in [-0.2, -0.15) is 12.1 Å². The summed E-state index contributed by atoms with van der Waals surface area (Å²) in [6.45, 7) is 17.7. The van der Waals surface area contributed by atoms with Crippen molar-refractivity contribution in [2.45, 2.75) is 67.2 Å². The normalized spacial score (nSPS) is 14.2. The minimum atomic E-state index is 0. The second kappa shape index (κ2) is 15.7. The first-order chi connectivity index (χ1) is 11.2. The van der Waals surface area contributed by atoms with Crippen LogP contribution in [0.25, 0.3) is 10.8 Å². The predicted octanol–water partition coefficient (Wildman–Crippen LogP) is 8.36. The molecule has 0 aromatic heterocycles. The molecule has 2 aromatic carbocycles. The van der Waals surface area contributed by atoms with Gasteiger partial charge in [0.2, 0.25) is 0 Å². The molecule has 0 saturated carbocycles. The number of halogens is 2. The third-order valence-corrected chi connectivity index (χ3v) is 4.85. The van der Waals surface area contributed by atoms with Crippen LogP contribution in [0.5, 0.6) is 0 Å². The molecule has 0 saturated heterocycles. The number of benzene rings is 1. The molecule has 4 heteroatoms. The predicted molar refractivity (Wildman–Crippen MR) is 134 cm³/mol. The maximum Gasteiger partial charge on any atom is 3.00 e. The molecule has 0 aliphatic heterocycles. The first kappa shape index (κ1) is 36.4. The van der Waals surface area contributed by atoms with Crippen molar-refractivity contribution < 1.29 is 26.2 Å². The molecule has 2 aromatic rings. The van der Waals surface area contributed by atoms with E-state index < -0.39 is 0 Å². The van der Waals surface area contributed by atoms with E-state index in [1.54, 1.807) is 0 Å². The minimum absolute atomic E-state index is 0. The van der Waals surface area contributed by atoms with E-state index in [0.717, 1.165) is 0 Å². The van der Waals surface area contributed by atoms with Crippen molar-refractivity contribution in [2.75, 3.05) is 0 Å². The molecular formula is C25H37Cl2SiZr. The molecule has 0 amide bonds. The number of aryl methyl sites for hydroxylation is 1. The van der Waals surface area contributed by atoms with E-state index in [-0.39, 0.29) is 69.4 Å². The summed E-state index contributed by atoms with van der Waals surface area (Å²) < 4.78 is 0. The van der Waals surface area contributed by atoms with Crippen LogP contribution in [-0.4, -0.2) is 11.0 Å². The van der Waals surface area contributed by atoms with Crippen LogP contribution in [0.4, 0.5) is 0 Å². The summed E-state index contributed by atoms with van der Waals surface area (Å²) in [7, 11) is 0. The Morgan fingerprint density at radius 3 is 1.83 bits per heavy atom. The van der Waals surface area contributed by atoms with Crippen molar-refractivity contribution in [3.8, 4) is 0 Å². The number of allylic oxidation sites excluding steroid dienone is 4. The molecule has 3 rings (SSSR count). The van der Waals surface area contributed by atoms with Crippen molar-refractivity contribution in [1.29, 1.82) is 0 Å². The Morgan fingerprint density at radius 2 is 1.48 bits per heavy atom. The summed E-state index contributed by atoms with van der Waals surface area (Å²) in [4.78, 5) is 0. The Kier molecular flexibility index (Phi) is 19.7. The van der Waals surface area contributed by atoms with Crippen LogP contribution in [-0.2, 0) is 26.2 Å². The van der Waals surface area contributed by atoms with Crippen molar-refractivity contribution in [1.82, 2.24) is 0 Å². The molecule has 0 spiro atoms. The van der Waals surface area contributed by atoms with Crippen molar-refractivity contribution in [3.63, 3.8) is 0 Å². The van der Waals surface area contributed by atoms with Gasteiger partial charge in [0, 0.05) is 11.0 Å². The van der Waals surface area contributed by atoms with Gasteiger partial charge in [-0.3, -0.25) is 6.08 Å². The zero-order valence-corrected chi connectivity index (χ0v) is 24.5. The molecule has 1 aliphatic rings. The summed E-state index contributed by atoms with van der Waals surface area (Å²) >= 11 is 0. The largest absolute Gasteiger partial charge is 3.00 e. The van der Waals surface area contributed by atoms with Gasteiger partial charge in [-0.15, -0.1) is 60.2 Å². The average molecular weight is 528 g/mol. The molecule has 159 valence electrons. The average Bonchev–Trinajstić information content (AvgIpc) is 2.98. The van der Waals surface area contributed by atoms with Crippen molar-refractivity contribution >= 4 is 46.6 Å². The van der Waals surface area contributed by atoms with Crippen molar-refractivity contribution in [3.05, 3.63) is 71.7 Å². The van der Waals surface area contributed by atoms with Crippen LogP contribution >= 0.6 is 24.8 Å². The summed E-state index contributed by atoms with van der Waals surface area (Å²) in [5.41, 5.74) is 7.03. The van der Waals surface area contributed by atoms with Gasteiger partial charge in [-0.25, -0.2) is 11.1 Å². The number of hydrogen-bond acceptors (Lipinski definition) is 0. The fourth-order valence-electron chi connectivity index (χ4n) is 3.33. The van der Waals surface area contributed by atoms with Gasteiger partial charge in [-0.1, -0.05) is 71.6 Å². The summed E-state index contributed by atoms with van der Waals surface area (Å²) in [5, 5.41) is 2.85. The van der Waals surface area contributed by atoms with Gasteiger partial charge in [0.1, 0.15) is 0 Å². The van der Waals surface area contributed by atoms with E-state index in [1.165, 1.54) is 38.6 Å². The Balaban J connectivity index is -0.000000211. The maximum absolute atomic E-state index is 3.29. The number of fused-ring (bicyclic) bond motifs is 1. The van der Waals surface area contributed by atoms with Crippen LogP contribution < -0.4 is 0 Å². The molecule has 29 heavy (non-hydrogen) atoms. The first-order valence-electron chi connectivity index (χ1n) is 9.18. The van der Waals surface area contributed by atoms with Gasteiger partial charge >= 0.3 is 26.2 Å². The van der Waals surface area contributed by atoms with E-state index in [1.807, 2.05) is 0 Å². The standard InChI is InChI=1S/C16H21.C8H11.CH3.2ClH.Si.Zr/c1-10(2)13-8-14-6-12(5)7-16(14)15(9-13)11(3)4;1-6-4-7(2)8(3)5-6;;;;;/h6-11H,1-5H3;4,6H,1-3H3;1H3;2*1H;;/q3*-1;;;;+3.